The van der Waals surface area contributed by atoms with Crippen molar-refractivity contribution in [3.63, 3.8) is 0 Å². The molecule has 126 valence electrons. The first-order valence-electron chi connectivity index (χ1n) is 8.29. The summed E-state index contributed by atoms with van der Waals surface area (Å²) in [5.41, 5.74) is 9.13. The van der Waals surface area contributed by atoms with Crippen molar-refractivity contribution < 1.29 is 4.79 Å². The highest BCUT2D eigenvalue weighted by molar-refractivity contribution is 5.95. The Bertz CT molecular complexity index is 738. The van der Waals surface area contributed by atoms with Gasteiger partial charge in [-0.15, -0.1) is 0 Å². The topological polar surface area (TPSA) is 75.4 Å². The van der Waals surface area contributed by atoms with Crippen LogP contribution in [-0.2, 0) is 0 Å². The van der Waals surface area contributed by atoms with Crippen LogP contribution in [0.2, 0.25) is 0 Å². The number of nitrogens with two attached hydrogens (primary N) is 1. The summed E-state index contributed by atoms with van der Waals surface area (Å²) in [6, 6.07) is 7.41. The van der Waals surface area contributed by atoms with Crippen LogP contribution in [0.1, 0.15) is 24.2 Å². The molecule has 1 aromatic heterocycles. The van der Waals surface area contributed by atoms with Crippen molar-refractivity contribution in [2.75, 3.05) is 43.4 Å². The Labute approximate surface area is 142 Å². The molecule has 0 radical (unpaired) electrons. The summed E-state index contributed by atoms with van der Waals surface area (Å²) in [6.07, 6.45) is 1.55. The van der Waals surface area contributed by atoms with Gasteiger partial charge in [-0.05, 0) is 19.5 Å². The zero-order valence-corrected chi connectivity index (χ0v) is 14.2. The first-order chi connectivity index (χ1) is 11.6. The van der Waals surface area contributed by atoms with Gasteiger partial charge in [-0.1, -0.05) is 25.1 Å². The highest BCUT2D eigenvalue weighted by Gasteiger charge is 2.21. The molecule has 1 aliphatic heterocycles. The van der Waals surface area contributed by atoms with Gasteiger partial charge in [0.25, 0.3) is 0 Å². The largest absolute Gasteiger partial charge is 0.394 e. The first kappa shape index (κ1) is 16.4. The van der Waals surface area contributed by atoms with Crippen LogP contribution in [0.25, 0.3) is 11.3 Å². The molecular formula is C18H23N5O. The van der Waals surface area contributed by atoms with E-state index >= 15 is 0 Å². The summed E-state index contributed by atoms with van der Waals surface area (Å²) in [5, 5.41) is 0. The average molecular weight is 325 g/mol. The number of benzene rings is 1. The molecule has 0 atom stereocenters. The standard InChI is InChI=1S/C18H23N5O/c1-3-22-7-9-23(10-8-22)18-16(19)17(20-12-21-18)15-6-4-5-14(11-15)13(2)24/h4-6,11-12H,3,7-10,19H2,1-2H3. The molecule has 6 heteroatoms. The van der Waals surface area contributed by atoms with Gasteiger partial charge >= 0.3 is 0 Å². The second-order valence-electron chi connectivity index (χ2n) is 6.02. The number of rotatable bonds is 4. The Kier molecular flexibility index (Phi) is 4.76. The molecule has 24 heavy (non-hydrogen) atoms. The van der Waals surface area contributed by atoms with Gasteiger partial charge in [0.1, 0.15) is 12.0 Å². The molecular weight excluding hydrogens is 302 g/mol. The minimum absolute atomic E-state index is 0.0281. The maximum Gasteiger partial charge on any atom is 0.159 e. The lowest BCUT2D eigenvalue weighted by atomic mass is 10.0. The molecule has 2 N–H and O–H groups in total. The average Bonchev–Trinajstić information content (AvgIpc) is 2.62. The van der Waals surface area contributed by atoms with Crippen LogP contribution in [0.15, 0.2) is 30.6 Å². The zero-order valence-electron chi connectivity index (χ0n) is 14.2. The molecule has 0 bridgehead atoms. The predicted octanol–water partition coefficient (Wildman–Crippen LogP) is 2.07. The number of ketones is 1. The van der Waals surface area contributed by atoms with E-state index in [1.54, 1.807) is 19.3 Å². The monoisotopic (exact) mass is 325 g/mol. The van der Waals surface area contributed by atoms with Gasteiger partial charge in [0, 0.05) is 37.3 Å². The van der Waals surface area contributed by atoms with Gasteiger partial charge in [-0.3, -0.25) is 4.79 Å². The van der Waals surface area contributed by atoms with E-state index in [4.69, 9.17) is 5.73 Å². The molecule has 6 nitrogen and oxygen atoms in total. The van der Waals surface area contributed by atoms with Crippen molar-refractivity contribution in [1.82, 2.24) is 14.9 Å². The molecule has 1 fully saturated rings. The van der Waals surface area contributed by atoms with Gasteiger partial charge in [-0.2, -0.15) is 0 Å². The number of likely N-dealkylation sites (N-methyl/N-ethyl adjacent to an activating group) is 1. The molecule has 1 aromatic carbocycles. The van der Waals surface area contributed by atoms with Gasteiger partial charge in [0.05, 0.1) is 5.69 Å². The van der Waals surface area contributed by atoms with E-state index in [0.29, 0.717) is 16.9 Å². The van der Waals surface area contributed by atoms with Crippen molar-refractivity contribution in [2.45, 2.75) is 13.8 Å². The zero-order chi connectivity index (χ0) is 17.1. The van der Waals surface area contributed by atoms with Crippen molar-refractivity contribution in [1.29, 1.82) is 0 Å². The van der Waals surface area contributed by atoms with Gasteiger partial charge in [-0.25, -0.2) is 9.97 Å². The smallest absolute Gasteiger partial charge is 0.159 e. The van der Waals surface area contributed by atoms with Crippen LogP contribution in [0.4, 0.5) is 11.5 Å². The van der Waals surface area contributed by atoms with Crippen LogP contribution in [-0.4, -0.2) is 53.4 Å². The Morgan fingerprint density at radius 2 is 1.96 bits per heavy atom. The number of Topliss-reactive ketones (excluding diaryl/α,β-unsaturated/α-hetero) is 1. The van der Waals surface area contributed by atoms with E-state index in [1.807, 2.05) is 18.2 Å². The number of anilines is 2. The summed E-state index contributed by atoms with van der Waals surface area (Å²) in [4.78, 5) is 25.0. The van der Waals surface area contributed by atoms with Gasteiger partial charge < -0.3 is 15.5 Å². The number of hydrogen-bond donors (Lipinski definition) is 1. The minimum Gasteiger partial charge on any atom is -0.394 e. The molecule has 1 aliphatic rings. The molecule has 0 aliphatic carbocycles. The first-order valence-corrected chi connectivity index (χ1v) is 8.29. The van der Waals surface area contributed by atoms with Gasteiger partial charge in [0.15, 0.2) is 11.6 Å². The maximum atomic E-state index is 11.6. The summed E-state index contributed by atoms with van der Waals surface area (Å²) in [5.74, 6) is 0.810. The summed E-state index contributed by atoms with van der Waals surface area (Å²) >= 11 is 0. The Hall–Kier alpha value is -2.47. The minimum atomic E-state index is 0.0281. The SMILES string of the molecule is CCN1CCN(c2ncnc(-c3cccc(C(C)=O)c3)c2N)CC1. The summed E-state index contributed by atoms with van der Waals surface area (Å²) in [6.45, 7) is 8.63. The number of nitrogens with zero attached hydrogens (tertiary/aromatic N) is 4. The van der Waals surface area contributed by atoms with E-state index in [1.165, 1.54) is 0 Å². The third kappa shape index (κ3) is 3.23. The fourth-order valence-corrected chi connectivity index (χ4v) is 3.03. The molecule has 0 unspecified atom stereocenters. The lowest BCUT2D eigenvalue weighted by Gasteiger charge is -2.35. The quantitative estimate of drug-likeness (QED) is 0.867. The summed E-state index contributed by atoms with van der Waals surface area (Å²) in [7, 11) is 0. The molecule has 0 amide bonds. The third-order valence-corrected chi connectivity index (χ3v) is 4.52. The lowest BCUT2D eigenvalue weighted by molar-refractivity contribution is 0.101. The third-order valence-electron chi connectivity index (χ3n) is 4.52. The van der Waals surface area contributed by atoms with Crippen molar-refractivity contribution in [3.8, 4) is 11.3 Å². The lowest BCUT2D eigenvalue weighted by Crippen LogP contribution is -2.46. The highest BCUT2D eigenvalue weighted by atomic mass is 16.1. The van der Waals surface area contributed by atoms with Crippen molar-refractivity contribution in [3.05, 3.63) is 36.2 Å². The number of carbonyl (C=O) groups is 1. The van der Waals surface area contributed by atoms with Crippen molar-refractivity contribution in [2.24, 2.45) is 0 Å². The Balaban J connectivity index is 1.91. The molecule has 3 rings (SSSR count). The predicted molar refractivity (Wildman–Crippen MR) is 96.2 cm³/mol. The fraction of sp³-hybridized carbons (Fsp3) is 0.389. The van der Waals surface area contributed by atoms with Crippen LogP contribution in [0.3, 0.4) is 0 Å². The second kappa shape index (κ2) is 6.97. The maximum absolute atomic E-state index is 11.6. The van der Waals surface area contributed by atoms with E-state index in [-0.39, 0.29) is 5.78 Å². The Morgan fingerprint density at radius 1 is 1.21 bits per heavy atom. The summed E-state index contributed by atoms with van der Waals surface area (Å²) < 4.78 is 0. The number of hydrogen-bond acceptors (Lipinski definition) is 6. The molecule has 0 saturated carbocycles. The van der Waals surface area contributed by atoms with Gasteiger partial charge in [0.2, 0.25) is 0 Å². The normalized spacial score (nSPS) is 15.5. The van der Waals surface area contributed by atoms with Crippen LogP contribution in [0.5, 0.6) is 0 Å². The van der Waals surface area contributed by atoms with Crippen LogP contribution in [0, 0.1) is 0 Å². The number of piperazine rings is 1. The molecule has 2 aromatic rings. The van der Waals surface area contributed by atoms with E-state index in [2.05, 4.69) is 26.7 Å². The molecule has 1 saturated heterocycles. The Morgan fingerprint density at radius 3 is 2.62 bits per heavy atom. The second-order valence-corrected chi connectivity index (χ2v) is 6.02. The fourth-order valence-electron chi connectivity index (χ4n) is 3.03. The molecule has 2 heterocycles. The molecule has 0 spiro atoms. The van der Waals surface area contributed by atoms with Crippen molar-refractivity contribution >= 4 is 17.3 Å². The number of carbonyl (C=O) groups excluding carboxylic acids is 1. The number of nitrogen functional groups attached to an aromatic ring is 1. The van der Waals surface area contributed by atoms with E-state index in [0.717, 1.165) is 44.1 Å². The highest BCUT2D eigenvalue weighted by Crippen LogP contribution is 2.31. The van der Waals surface area contributed by atoms with Crippen LogP contribution >= 0.6 is 0 Å². The number of aromatic nitrogens is 2. The van der Waals surface area contributed by atoms with Crippen LogP contribution < -0.4 is 10.6 Å². The van der Waals surface area contributed by atoms with E-state index < -0.39 is 0 Å². The van der Waals surface area contributed by atoms with E-state index in [9.17, 15) is 4.79 Å².